The summed E-state index contributed by atoms with van der Waals surface area (Å²) in [5, 5.41) is 9.01. The van der Waals surface area contributed by atoms with E-state index < -0.39 is 16.0 Å². The molecule has 6 nitrogen and oxygen atoms in total. The highest BCUT2D eigenvalue weighted by atomic mass is 79.9. The Labute approximate surface area is 131 Å². The van der Waals surface area contributed by atoms with Crippen LogP contribution in [0.4, 0.5) is 0 Å². The number of sulfonamides is 1. The molecule has 0 amide bonds. The Balaban J connectivity index is 2.39. The lowest BCUT2D eigenvalue weighted by Crippen LogP contribution is -2.42. The number of carboxylic acids is 1. The van der Waals surface area contributed by atoms with E-state index in [1.807, 2.05) is 0 Å². The van der Waals surface area contributed by atoms with E-state index >= 15 is 0 Å². The number of hydrogen-bond donors (Lipinski definition) is 1. The second-order valence-corrected chi connectivity index (χ2v) is 7.57. The molecular weight excluding hydrogens is 362 g/mol. The van der Waals surface area contributed by atoms with Gasteiger partial charge in [0.1, 0.15) is 0 Å². The van der Waals surface area contributed by atoms with Gasteiger partial charge in [-0.05, 0) is 47.0 Å². The first-order valence-corrected chi connectivity index (χ1v) is 8.65. The third kappa shape index (κ3) is 3.45. The van der Waals surface area contributed by atoms with Crippen LogP contribution < -0.4 is 0 Å². The number of aromatic carboxylic acids is 1. The van der Waals surface area contributed by atoms with Gasteiger partial charge < -0.3 is 9.84 Å². The van der Waals surface area contributed by atoms with Crippen LogP contribution in [0.1, 0.15) is 23.2 Å². The van der Waals surface area contributed by atoms with Crippen LogP contribution in [0.2, 0.25) is 0 Å². The normalized spacial score (nSPS) is 20.4. The van der Waals surface area contributed by atoms with Crippen LogP contribution in [0, 0.1) is 0 Å². The summed E-state index contributed by atoms with van der Waals surface area (Å²) in [6.07, 6.45) is 1.40. The van der Waals surface area contributed by atoms with Gasteiger partial charge in [-0.25, -0.2) is 13.2 Å². The van der Waals surface area contributed by atoms with Crippen LogP contribution in [0.5, 0.6) is 0 Å². The lowest BCUT2D eigenvalue weighted by Gasteiger charge is -2.31. The van der Waals surface area contributed by atoms with Gasteiger partial charge in [0.2, 0.25) is 10.0 Å². The highest BCUT2D eigenvalue weighted by molar-refractivity contribution is 9.10. The van der Waals surface area contributed by atoms with Gasteiger partial charge in [-0.15, -0.1) is 0 Å². The number of piperidine rings is 1. The standard InChI is InChI=1S/C13H16BrNO5S/c1-20-10-3-2-6-15(8-10)21(18,19)12-7-9(13(16)17)4-5-11(12)14/h4-5,7,10H,2-3,6,8H2,1H3,(H,16,17). The fourth-order valence-corrected chi connectivity index (χ4v) is 4.75. The van der Waals surface area contributed by atoms with Crippen molar-refractivity contribution < 1.29 is 23.1 Å². The Morgan fingerprint density at radius 3 is 2.81 bits per heavy atom. The van der Waals surface area contributed by atoms with Crippen LogP contribution in [-0.4, -0.2) is 50.1 Å². The van der Waals surface area contributed by atoms with Gasteiger partial charge in [-0.3, -0.25) is 0 Å². The molecule has 1 saturated heterocycles. The first kappa shape index (κ1) is 16.4. The fraction of sp³-hybridized carbons (Fsp3) is 0.462. The quantitative estimate of drug-likeness (QED) is 0.866. The van der Waals surface area contributed by atoms with Crippen LogP contribution in [-0.2, 0) is 14.8 Å². The summed E-state index contributed by atoms with van der Waals surface area (Å²) in [7, 11) is -2.19. The molecule has 1 aliphatic heterocycles. The highest BCUT2D eigenvalue weighted by Crippen LogP contribution is 2.28. The van der Waals surface area contributed by atoms with Crippen molar-refractivity contribution in [2.45, 2.75) is 23.8 Å². The molecule has 1 N–H and O–H groups in total. The Kier molecular flexibility index (Phi) is 5.03. The largest absolute Gasteiger partial charge is 0.478 e. The molecule has 2 rings (SSSR count). The number of nitrogens with zero attached hydrogens (tertiary/aromatic N) is 1. The number of benzene rings is 1. The summed E-state index contributed by atoms with van der Waals surface area (Å²) in [5.74, 6) is -1.16. The number of ether oxygens (including phenoxy) is 1. The Morgan fingerprint density at radius 2 is 2.19 bits per heavy atom. The molecular formula is C13H16BrNO5S. The van der Waals surface area contributed by atoms with Gasteiger partial charge in [0.05, 0.1) is 16.6 Å². The van der Waals surface area contributed by atoms with Gasteiger partial charge in [0, 0.05) is 24.7 Å². The number of methoxy groups -OCH3 is 1. The molecule has 116 valence electrons. The summed E-state index contributed by atoms with van der Waals surface area (Å²) in [4.78, 5) is 11.0. The average molecular weight is 378 g/mol. The predicted molar refractivity (Wildman–Crippen MR) is 79.9 cm³/mol. The maximum atomic E-state index is 12.7. The first-order valence-electron chi connectivity index (χ1n) is 6.42. The molecule has 21 heavy (non-hydrogen) atoms. The third-order valence-corrected chi connectivity index (χ3v) is 6.33. The zero-order valence-corrected chi connectivity index (χ0v) is 13.9. The van der Waals surface area contributed by atoms with Crippen molar-refractivity contribution in [1.29, 1.82) is 0 Å². The molecule has 0 aromatic heterocycles. The Hall–Kier alpha value is -0.960. The van der Waals surface area contributed by atoms with Crippen molar-refractivity contribution in [3.05, 3.63) is 28.2 Å². The Morgan fingerprint density at radius 1 is 1.48 bits per heavy atom. The molecule has 1 aromatic carbocycles. The van der Waals surface area contributed by atoms with E-state index in [0.717, 1.165) is 6.42 Å². The molecule has 1 atom stereocenters. The van der Waals surface area contributed by atoms with Crippen LogP contribution in [0.25, 0.3) is 0 Å². The second kappa shape index (κ2) is 6.43. The minimum Gasteiger partial charge on any atom is -0.478 e. The van der Waals surface area contributed by atoms with Crippen molar-refractivity contribution >= 4 is 31.9 Å². The highest BCUT2D eigenvalue weighted by Gasteiger charge is 2.32. The maximum Gasteiger partial charge on any atom is 0.335 e. The summed E-state index contributed by atoms with van der Waals surface area (Å²) < 4.78 is 32.3. The number of halogens is 1. The topological polar surface area (TPSA) is 83.9 Å². The van der Waals surface area contributed by atoms with Gasteiger partial charge in [-0.2, -0.15) is 4.31 Å². The van der Waals surface area contributed by atoms with Crippen molar-refractivity contribution in [2.75, 3.05) is 20.2 Å². The summed E-state index contributed by atoms with van der Waals surface area (Å²) in [5.41, 5.74) is -0.0583. The maximum absolute atomic E-state index is 12.7. The number of carboxylic acid groups (broad SMARTS) is 1. The molecule has 1 aromatic rings. The second-order valence-electron chi connectivity index (χ2n) is 4.81. The molecule has 8 heteroatoms. The van der Waals surface area contributed by atoms with Crippen molar-refractivity contribution in [3.63, 3.8) is 0 Å². The van der Waals surface area contributed by atoms with E-state index in [9.17, 15) is 13.2 Å². The molecule has 1 heterocycles. The fourth-order valence-electron chi connectivity index (χ4n) is 2.29. The van der Waals surface area contributed by atoms with Gasteiger partial charge in [0.25, 0.3) is 0 Å². The van der Waals surface area contributed by atoms with E-state index in [4.69, 9.17) is 9.84 Å². The molecule has 1 aliphatic rings. The molecule has 1 unspecified atom stereocenters. The minimum atomic E-state index is -3.75. The lowest BCUT2D eigenvalue weighted by molar-refractivity contribution is 0.0571. The van der Waals surface area contributed by atoms with E-state index in [1.54, 1.807) is 7.11 Å². The van der Waals surface area contributed by atoms with Crippen LogP contribution >= 0.6 is 15.9 Å². The predicted octanol–water partition coefficient (Wildman–Crippen LogP) is 1.95. The molecule has 0 saturated carbocycles. The van der Waals surface area contributed by atoms with Crippen LogP contribution in [0.3, 0.4) is 0 Å². The summed E-state index contributed by atoms with van der Waals surface area (Å²) >= 11 is 3.18. The SMILES string of the molecule is COC1CCCN(S(=O)(=O)c2cc(C(=O)O)ccc2Br)C1. The van der Waals surface area contributed by atoms with E-state index in [-0.39, 0.29) is 23.1 Å². The Bertz CT molecular complexity index is 646. The molecule has 0 bridgehead atoms. The number of rotatable bonds is 4. The van der Waals surface area contributed by atoms with Gasteiger partial charge in [0.15, 0.2) is 0 Å². The van der Waals surface area contributed by atoms with E-state index in [0.29, 0.717) is 17.4 Å². The molecule has 0 spiro atoms. The minimum absolute atomic E-state index is 0.0286. The number of hydrogen-bond acceptors (Lipinski definition) is 4. The van der Waals surface area contributed by atoms with Crippen LogP contribution in [0.15, 0.2) is 27.6 Å². The number of carbonyl (C=O) groups is 1. The smallest absolute Gasteiger partial charge is 0.335 e. The van der Waals surface area contributed by atoms with E-state index in [2.05, 4.69) is 15.9 Å². The first-order chi connectivity index (χ1) is 9.86. The average Bonchev–Trinajstić information content (AvgIpc) is 2.47. The zero-order chi connectivity index (χ0) is 15.6. The van der Waals surface area contributed by atoms with Gasteiger partial charge >= 0.3 is 5.97 Å². The molecule has 0 aliphatic carbocycles. The van der Waals surface area contributed by atoms with Crippen molar-refractivity contribution in [2.24, 2.45) is 0 Å². The van der Waals surface area contributed by atoms with E-state index in [1.165, 1.54) is 22.5 Å². The summed E-state index contributed by atoms with van der Waals surface area (Å²) in [6, 6.07) is 3.98. The summed E-state index contributed by atoms with van der Waals surface area (Å²) in [6.45, 7) is 0.689. The monoisotopic (exact) mass is 377 g/mol. The van der Waals surface area contributed by atoms with Crippen molar-refractivity contribution in [3.8, 4) is 0 Å². The molecule has 0 radical (unpaired) electrons. The lowest BCUT2D eigenvalue weighted by atomic mass is 10.1. The third-order valence-electron chi connectivity index (χ3n) is 3.47. The van der Waals surface area contributed by atoms with Crippen molar-refractivity contribution in [1.82, 2.24) is 4.31 Å². The molecule has 1 fully saturated rings. The van der Waals surface area contributed by atoms with Gasteiger partial charge in [-0.1, -0.05) is 0 Å². The zero-order valence-electron chi connectivity index (χ0n) is 11.5.